The van der Waals surface area contributed by atoms with Crippen LogP contribution in [0.5, 0.6) is 0 Å². The zero-order valence-corrected chi connectivity index (χ0v) is 14.0. The lowest BCUT2D eigenvalue weighted by Gasteiger charge is -2.07. The van der Waals surface area contributed by atoms with Gasteiger partial charge in [-0.3, -0.25) is 9.48 Å². The van der Waals surface area contributed by atoms with Gasteiger partial charge in [-0.05, 0) is 37.6 Å². The molecule has 0 aliphatic rings. The Morgan fingerprint density at radius 2 is 2.15 bits per heavy atom. The molecule has 2 aromatic rings. The number of nitrogens with one attached hydrogen (secondary N) is 1. The molecule has 0 radical (unpaired) electrons. The molecule has 6 heteroatoms. The summed E-state index contributed by atoms with van der Waals surface area (Å²) in [5.74, 6) is 1.08. The van der Waals surface area contributed by atoms with Crippen molar-refractivity contribution in [1.29, 1.82) is 0 Å². The lowest BCUT2D eigenvalue weighted by atomic mass is 10.2. The van der Waals surface area contributed by atoms with Crippen LogP contribution in [0.2, 0.25) is 0 Å². The van der Waals surface area contributed by atoms with E-state index in [1.54, 1.807) is 4.68 Å². The molecular weight excluding hydrogens is 338 g/mol. The van der Waals surface area contributed by atoms with Gasteiger partial charge < -0.3 is 5.32 Å². The molecule has 106 valence electrons. The van der Waals surface area contributed by atoms with E-state index in [1.165, 1.54) is 11.8 Å². The summed E-state index contributed by atoms with van der Waals surface area (Å²) in [6.45, 7) is 3.94. The number of anilines is 1. The Labute approximate surface area is 131 Å². The van der Waals surface area contributed by atoms with Gasteiger partial charge in [-0.25, -0.2) is 0 Å². The van der Waals surface area contributed by atoms with Crippen molar-refractivity contribution in [2.75, 3.05) is 11.1 Å². The Hall–Kier alpha value is -1.27. The van der Waals surface area contributed by atoms with Crippen molar-refractivity contribution in [3.63, 3.8) is 0 Å². The molecule has 1 N–H and O–H groups in total. The lowest BCUT2D eigenvalue weighted by molar-refractivity contribution is -0.113. The summed E-state index contributed by atoms with van der Waals surface area (Å²) in [4.78, 5) is 13.1. The van der Waals surface area contributed by atoms with Crippen molar-refractivity contribution in [3.8, 4) is 0 Å². The van der Waals surface area contributed by atoms with Crippen molar-refractivity contribution < 1.29 is 4.79 Å². The van der Waals surface area contributed by atoms with Gasteiger partial charge in [0, 0.05) is 22.5 Å². The number of benzene rings is 1. The van der Waals surface area contributed by atoms with Crippen LogP contribution in [0.1, 0.15) is 11.3 Å². The molecule has 4 nitrogen and oxygen atoms in total. The smallest absolute Gasteiger partial charge is 0.235 e. The Morgan fingerprint density at radius 3 is 2.75 bits per heavy atom. The largest absolute Gasteiger partial charge is 0.310 e. The van der Waals surface area contributed by atoms with E-state index in [4.69, 9.17) is 0 Å². The van der Waals surface area contributed by atoms with Gasteiger partial charge in [-0.2, -0.15) is 5.10 Å². The first kappa shape index (κ1) is 15.1. The van der Waals surface area contributed by atoms with Crippen molar-refractivity contribution in [2.24, 2.45) is 7.05 Å². The van der Waals surface area contributed by atoms with E-state index < -0.39 is 0 Å². The number of halogens is 1. The zero-order valence-electron chi connectivity index (χ0n) is 11.6. The molecule has 0 fully saturated rings. The van der Waals surface area contributed by atoms with E-state index in [-0.39, 0.29) is 5.91 Å². The molecule has 20 heavy (non-hydrogen) atoms. The van der Waals surface area contributed by atoms with E-state index in [2.05, 4.69) is 26.3 Å². The second kappa shape index (κ2) is 6.45. The summed E-state index contributed by atoms with van der Waals surface area (Å²) in [6, 6.07) is 7.90. The highest BCUT2D eigenvalue weighted by Gasteiger charge is 2.08. The number of thioether (sulfide) groups is 1. The van der Waals surface area contributed by atoms with Gasteiger partial charge in [0.1, 0.15) is 5.82 Å². The highest BCUT2D eigenvalue weighted by Crippen LogP contribution is 2.25. The standard InChI is InChI=1S/C14H16BrN3OS/c1-9-6-11(15)4-5-12(9)20-8-14(19)16-13-7-10(2)17-18(13)3/h4-7H,8H2,1-3H3,(H,16,19). The Balaban J connectivity index is 1.94. The normalized spacial score (nSPS) is 10.6. The number of carbonyl (C=O) groups excluding carboxylic acids is 1. The molecule has 1 aromatic heterocycles. The monoisotopic (exact) mass is 353 g/mol. The topological polar surface area (TPSA) is 46.9 Å². The number of aryl methyl sites for hydroxylation is 3. The molecule has 1 amide bonds. The Kier molecular flexibility index (Phi) is 4.88. The fraction of sp³-hybridized carbons (Fsp3) is 0.286. The number of amides is 1. The van der Waals surface area contributed by atoms with Crippen LogP contribution >= 0.6 is 27.7 Å². The summed E-state index contributed by atoms with van der Waals surface area (Å²) in [5, 5.41) is 7.06. The Bertz CT molecular complexity index is 639. The van der Waals surface area contributed by atoms with Crippen molar-refractivity contribution in [2.45, 2.75) is 18.7 Å². The van der Waals surface area contributed by atoms with Gasteiger partial charge in [0.05, 0.1) is 11.4 Å². The average Bonchev–Trinajstić information content (AvgIpc) is 2.66. The van der Waals surface area contributed by atoms with E-state index in [1.807, 2.05) is 45.2 Å². The maximum atomic E-state index is 11.9. The fourth-order valence-corrected chi connectivity index (χ4v) is 3.11. The number of hydrogen-bond acceptors (Lipinski definition) is 3. The van der Waals surface area contributed by atoms with E-state index in [9.17, 15) is 4.79 Å². The predicted molar refractivity (Wildman–Crippen MR) is 86.2 cm³/mol. The fourth-order valence-electron chi connectivity index (χ4n) is 1.82. The maximum Gasteiger partial charge on any atom is 0.235 e. The maximum absolute atomic E-state index is 11.9. The minimum Gasteiger partial charge on any atom is -0.310 e. The molecule has 0 aliphatic carbocycles. The van der Waals surface area contributed by atoms with Gasteiger partial charge in [0.25, 0.3) is 0 Å². The molecule has 0 unspecified atom stereocenters. The quantitative estimate of drug-likeness (QED) is 0.855. The lowest BCUT2D eigenvalue weighted by Crippen LogP contribution is -2.16. The van der Waals surface area contributed by atoms with Crippen LogP contribution in [-0.2, 0) is 11.8 Å². The first-order valence-electron chi connectivity index (χ1n) is 6.15. The van der Waals surface area contributed by atoms with Gasteiger partial charge in [0.15, 0.2) is 0 Å². The highest BCUT2D eigenvalue weighted by molar-refractivity contribution is 9.10. The van der Waals surface area contributed by atoms with Crippen molar-refractivity contribution in [3.05, 3.63) is 40.0 Å². The summed E-state index contributed by atoms with van der Waals surface area (Å²) in [5.41, 5.74) is 2.05. The van der Waals surface area contributed by atoms with Gasteiger partial charge in [0.2, 0.25) is 5.91 Å². The van der Waals surface area contributed by atoms with Crippen LogP contribution < -0.4 is 5.32 Å². The van der Waals surface area contributed by atoms with Crippen LogP contribution in [0.15, 0.2) is 33.6 Å². The molecule has 0 spiro atoms. The summed E-state index contributed by atoms with van der Waals surface area (Å²) < 4.78 is 2.72. The minimum atomic E-state index is -0.0275. The molecule has 0 saturated carbocycles. The summed E-state index contributed by atoms with van der Waals surface area (Å²) in [6.07, 6.45) is 0. The molecule has 0 saturated heterocycles. The Morgan fingerprint density at radius 1 is 1.40 bits per heavy atom. The molecule has 0 bridgehead atoms. The van der Waals surface area contributed by atoms with Gasteiger partial charge in [-0.1, -0.05) is 15.9 Å². The first-order valence-corrected chi connectivity index (χ1v) is 7.93. The second-order valence-corrected chi connectivity index (χ2v) is 6.47. The van der Waals surface area contributed by atoms with E-state index in [0.717, 1.165) is 26.4 Å². The highest BCUT2D eigenvalue weighted by atomic mass is 79.9. The number of rotatable bonds is 4. The third-order valence-electron chi connectivity index (χ3n) is 2.77. The number of hydrogen-bond donors (Lipinski definition) is 1. The van der Waals surface area contributed by atoms with E-state index >= 15 is 0 Å². The van der Waals surface area contributed by atoms with Gasteiger partial charge in [-0.15, -0.1) is 11.8 Å². The van der Waals surface area contributed by atoms with Crippen LogP contribution in [0.25, 0.3) is 0 Å². The first-order chi connectivity index (χ1) is 9.45. The number of nitrogens with zero attached hydrogens (tertiary/aromatic N) is 2. The number of aromatic nitrogens is 2. The van der Waals surface area contributed by atoms with Crippen LogP contribution in [-0.4, -0.2) is 21.4 Å². The SMILES string of the molecule is Cc1cc(NC(=O)CSc2ccc(Br)cc2C)n(C)n1. The second-order valence-electron chi connectivity index (χ2n) is 4.54. The minimum absolute atomic E-state index is 0.0275. The number of carbonyl (C=O) groups is 1. The van der Waals surface area contributed by atoms with Gasteiger partial charge >= 0.3 is 0 Å². The van der Waals surface area contributed by atoms with Crippen molar-refractivity contribution >= 4 is 39.4 Å². The zero-order chi connectivity index (χ0) is 14.7. The third kappa shape index (κ3) is 3.86. The molecule has 0 aliphatic heterocycles. The molecular formula is C14H16BrN3OS. The van der Waals surface area contributed by atoms with Crippen LogP contribution in [0, 0.1) is 13.8 Å². The third-order valence-corrected chi connectivity index (χ3v) is 4.43. The van der Waals surface area contributed by atoms with Crippen molar-refractivity contribution in [1.82, 2.24) is 9.78 Å². The van der Waals surface area contributed by atoms with Crippen LogP contribution in [0.3, 0.4) is 0 Å². The average molecular weight is 354 g/mol. The molecule has 1 heterocycles. The molecule has 1 aromatic carbocycles. The predicted octanol–water partition coefficient (Wildman–Crippen LogP) is 3.53. The molecule has 2 rings (SSSR count). The van der Waals surface area contributed by atoms with Crippen LogP contribution in [0.4, 0.5) is 5.82 Å². The molecule has 0 atom stereocenters. The summed E-state index contributed by atoms with van der Waals surface area (Å²) >= 11 is 4.97. The summed E-state index contributed by atoms with van der Waals surface area (Å²) in [7, 11) is 1.81. The van der Waals surface area contributed by atoms with E-state index in [0.29, 0.717) is 5.75 Å².